The molecular weight excluding hydrogens is 864 g/mol. The maximum absolute atomic E-state index is 13.5. The van der Waals surface area contributed by atoms with Crippen molar-refractivity contribution in [2.75, 3.05) is 41.2 Å². The fraction of sp³-hybridized carbons (Fsp3) is 0.364. The first-order chi connectivity index (χ1) is 31.1. The number of carbonyl (C=O) groups excluding carboxylic acids is 4. The van der Waals surface area contributed by atoms with Crippen LogP contribution in [0.4, 0.5) is 0 Å². The molecule has 2 saturated heterocycles. The number of aliphatic hydroxyl groups excluding tert-OH is 4. The molecule has 0 bridgehead atoms. The Balaban J connectivity index is 1.46. The van der Waals surface area contributed by atoms with Gasteiger partial charge in [-0.3, -0.25) is 4.79 Å². The van der Waals surface area contributed by atoms with E-state index in [-0.39, 0.29) is 34.5 Å². The Kier molecular flexibility index (Phi) is 16.9. The van der Waals surface area contributed by atoms with Crippen LogP contribution in [0.1, 0.15) is 23.6 Å². The zero-order valence-electron chi connectivity index (χ0n) is 35.2. The van der Waals surface area contributed by atoms with Crippen LogP contribution in [-0.4, -0.2) is 156 Å². The molecule has 0 amide bonds. The standard InChI is InChI=1S/C44H48O21/c1-23(48)59-41-38(55)39(61-35(52)14-8-24-5-11-27(49)30(17-24)56-2)33(20-45)60-43(41)65-44(22-47)42(63-37(54)16-10-26-7-13-29(51)32(19-26)58-4)40(34(21-46)64-44)62-36(53)15-9-25-6-12-28(50)31(18-25)57-3/h5-19,33-34,38-43,45-47,49-51,55H,20-22H2,1-4H3/b14-8+,15-9+,16-10+/t33-,34-,38+,39-,40-,41-,42+,43-,44+/m1/s1. The Hall–Kier alpha value is -6.72. The highest BCUT2D eigenvalue weighted by Crippen LogP contribution is 2.41. The highest BCUT2D eigenvalue weighted by atomic mass is 16.8. The summed E-state index contributed by atoms with van der Waals surface area (Å²) in [5.74, 6) is -7.20. The minimum atomic E-state index is -2.67. The zero-order chi connectivity index (χ0) is 47.4. The van der Waals surface area contributed by atoms with E-state index in [0.29, 0.717) is 16.7 Å². The van der Waals surface area contributed by atoms with Crippen molar-refractivity contribution in [2.45, 2.75) is 61.7 Å². The van der Waals surface area contributed by atoms with E-state index < -0.39 is 98.5 Å². The van der Waals surface area contributed by atoms with E-state index in [1.807, 2.05) is 0 Å². The molecule has 0 aliphatic carbocycles. The van der Waals surface area contributed by atoms with Gasteiger partial charge in [0, 0.05) is 25.2 Å². The number of carbonyl (C=O) groups is 4. The molecule has 2 heterocycles. The van der Waals surface area contributed by atoms with Gasteiger partial charge in [-0.15, -0.1) is 0 Å². The highest BCUT2D eigenvalue weighted by Gasteiger charge is 2.63. The molecule has 21 nitrogen and oxygen atoms in total. The predicted octanol–water partition coefficient (Wildman–Crippen LogP) is 1.11. The third-order valence-corrected chi connectivity index (χ3v) is 9.86. The average molecular weight is 913 g/mol. The molecule has 65 heavy (non-hydrogen) atoms. The summed E-state index contributed by atoms with van der Waals surface area (Å²) >= 11 is 0. The van der Waals surface area contributed by atoms with Crippen molar-refractivity contribution in [1.82, 2.24) is 0 Å². The van der Waals surface area contributed by atoms with E-state index >= 15 is 0 Å². The third-order valence-electron chi connectivity index (χ3n) is 9.86. The molecule has 350 valence electrons. The fourth-order valence-electron chi connectivity index (χ4n) is 6.72. The minimum absolute atomic E-state index is 0.0794. The smallest absolute Gasteiger partial charge is 0.331 e. The molecule has 3 aromatic carbocycles. The van der Waals surface area contributed by atoms with Gasteiger partial charge in [0.05, 0.1) is 34.5 Å². The van der Waals surface area contributed by atoms with E-state index in [9.17, 15) is 54.9 Å². The Morgan fingerprint density at radius 2 is 1.05 bits per heavy atom. The summed E-state index contributed by atoms with van der Waals surface area (Å²) in [5.41, 5.74) is 1.13. The van der Waals surface area contributed by atoms with Crippen LogP contribution >= 0.6 is 0 Å². The van der Waals surface area contributed by atoms with Gasteiger partial charge in [0.2, 0.25) is 12.1 Å². The van der Waals surface area contributed by atoms with Crippen LogP contribution in [0.15, 0.2) is 72.8 Å². The van der Waals surface area contributed by atoms with E-state index in [1.54, 1.807) is 0 Å². The average Bonchev–Trinajstić information content (AvgIpc) is 3.57. The van der Waals surface area contributed by atoms with Crippen molar-refractivity contribution in [3.63, 3.8) is 0 Å². The first-order valence-corrected chi connectivity index (χ1v) is 19.5. The molecule has 5 rings (SSSR count). The largest absolute Gasteiger partial charge is 0.504 e. The molecule has 0 aromatic heterocycles. The molecule has 2 aliphatic heterocycles. The lowest BCUT2D eigenvalue weighted by Gasteiger charge is -2.45. The molecule has 0 spiro atoms. The van der Waals surface area contributed by atoms with E-state index in [4.69, 9.17) is 47.4 Å². The SMILES string of the molecule is COc1cc(/C=C/C(=O)O[C@@H]2[C@@H](CO)O[C@@](CO)(O[C@H]3O[C@H](CO)[C@@H](OC(=O)/C=C/c4ccc(O)c(OC)c4)[C@H](O)[C@H]3OC(C)=O)[C@H]2OC(=O)/C=C/c2ccc(O)c(OC)c2)ccc1O. The number of phenols is 3. The number of aliphatic hydroxyl groups is 4. The van der Waals surface area contributed by atoms with Gasteiger partial charge in [-0.1, -0.05) is 18.2 Å². The molecule has 9 atom stereocenters. The summed E-state index contributed by atoms with van der Waals surface area (Å²) in [6.07, 6.45) is -8.02. The van der Waals surface area contributed by atoms with Crippen molar-refractivity contribution < 1.29 is 102 Å². The van der Waals surface area contributed by atoms with Crippen molar-refractivity contribution in [1.29, 1.82) is 0 Å². The van der Waals surface area contributed by atoms with Gasteiger partial charge in [-0.05, 0) is 71.3 Å². The molecule has 2 fully saturated rings. The second-order valence-electron chi connectivity index (χ2n) is 14.2. The van der Waals surface area contributed by atoms with Crippen LogP contribution < -0.4 is 14.2 Å². The summed E-state index contributed by atoms with van der Waals surface area (Å²) in [4.78, 5) is 52.3. The number of hydrogen-bond donors (Lipinski definition) is 7. The van der Waals surface area contributed by atoms with Crippen molar-refractivity contribution in [2.24, 2.45) is 0 Å². The quantitative estimate of drug-likeness (QED) is 0.0534. The third kappa shape index (κ3) is 12.1. The first-order valence-electron chi connectivity index (χ1n) is 19.5. The van der Waals surface area contributed by atoms with Crippen molar-refractivity contribution in [3.8, 4) is 34.5 Å². The molecule has 2 aliphatic rings. The van der Waals surface area contributed by atoms with E-state index in [0.717, 1.165) is 25.2 Å². The summed E-state index contributed by atoms with van der Waals surface area (Å²) in [5, 5.41) is 73.2. The number of hydrogen-bond acceptors (Lipinski definition) is 21. The van der Waals surface area contributed by atoms with Crippen LogP contribution in [-0.2, 0) is 52.3 Å². The summed E-state index contributed by atoms with van der Waals surface area (Å²) in [6.45, 7) is -2.18. The van der Waals surface area contributed by atoms with Crippen molar-refractivity contribution >= 4 is 42.1 Å². The topological polar surface area (TPSA) is 302 Å². The molecule has 21 heteroatoms. The van der Waals surface area contributed by atoms with Gasteiger partial charge in [0.15, 0.2) is 58.9 Å². The Morgan fingerprint density at radius 3 is 1.45 bits per heavy atom. The summed E-state index contributed by atoms with van der Waals surface area (Å²) < 4.78 is 55.3. The minimum Gasteiger partial charge on any atom is -0.504 e. The number of methoxy groups -OCH3 is 3. The number of aromatic hydroxyl groups is 3. The Morgan fingerprint density at radius 1 is 0.615 bits per heavy atom. The maximum Gasteiger partial charge on any atom is 0.331 e. The van der Waals surface area contributed by atoms with Crippen LogP contribution in [0.2, 0.25) is 0 Å². The number of benzene rings is 3. The van der Waals surface area contributed by atoms with Crippen LogP contribution in [0.25, 0.3) is 18.2 Å². The second kappa shape index (κ2) is 22.3. The summed E-state index contributed by atoms with van der Waals surface area (Å²) in [6, 6.07) is 12.5. The first kappa shape index (κ1) is 49.3. The van der Waals surface area contributed by atoms with Gasteiger partial charge < -0.3 is 83.1 Å². The highest BCUT2D eigenvalue weighted by molar-refractivity contribution is 5.89. The Bertz CT molecular complexity index is 2250. The van der Waals surface area contributed by atoms with Gasteiger partial charge in [-0.2, -0.15) is 0 Å². The normalized spacial score (nSPS) is 25.4. The van der Waals surface area contributed by atoms with Gasteiger partial charge in [-0.25, -0.2) is 14.4 Å². The molecule has 7 N–H and O–H groups in total. The lowest BCUT2D eigenvalue weighted by Crippen LogP contribution is -2.64. The molecule has 0 saturated carbocycles. The van der Waals surface area contributed by atoms with Crippen molar-refractivity contribution in [3.05, 3.63) is 89.5 Å². The van der Waals surface area contributed by atoms with Gasteiger partial charge in [0.1, 0.15) is 24.9 Å². The molecule has 3 aromatic rings. The maximum atomic E-state index is 13.5. The number of esters is 4. The Labute approximate surface area is 370 Å². The van der Waals surface area contributed by atoms with Crippen LogP contribution in [0.3, 0.4) is 0 Å². The molecule has 0 unspecified atom stereocenters. The van der Waals surface area contributed by atoms with E-state index in [1.165, 1.54) is 94.2 Å². The number of ether oxygens (including phenoxy) is 10. The van der Waals surface area contributed by atoms with Gasteiger partial charge >= 0.3 is 23.9 Å². The second-order valence-corrected chi connectivity index (χ2v) is 14.2. The zero-order valence-corrected chi connectivity index (χ0v) is 35.2. The number of phenolic OH excluding ortho intramolecular Hbond substituents is 3. The fourth-order valence-corrected chi connectivity index (χ4v) is 6.72. The number of rotatable bonds is 18. The predicted molar refractivity (Wildman–Crippen MR) is 221 cm³/mol. The van der Waals surface area contributed by atoms with Crippen LogP contribution in [0, 0.1) is 0 Å². The molecule has 0 radical (unpaired) electrons. The van der Waals surface area contributed by atoms with E-state index in [2.05, 4.69) is 0 Å². The van der Waals surface area contributed by atoms with Crippen LogP contribution in [0.5, 0.6) is 34.5 Å². The lowest BCUT2D eigenvalue weighted by molar-refractivity contribution is -0.383. The summed E-state index contributed by atoms with van der Waals surface area (Å²) in [7, 11) is 3.96. The molecular formula is C44H48O21. The monoisotopic (exact) mass is 912 g/mol. The lowest BCUT2D eigenvalue weighted by atomic mass is 9.98. The van der Waals surface area contributed by atoms with Gasteiger partial charge in [0.25, 0.3) is 0 Å².